The Hall–Kier alpha value is -1.23. The van der Waals surface area contributed by atoms with Gasteiger partial charge >= 0.3 is 0 Å². The molecular formula is C15H26N2O2S. The van der Waals surface area contributed by atoms with E-state index in [0.29, 0.717) is 28.8 Å². The first-order valence-electron chi connectivity index (χ1n) is 7.33. The fourth-order valence-corrected chi connectivity index (χ4v) is 3.06. The average molecular weight is 298 g/mol. The van der Waals surface area contributed by atoms with Crippen LogP contribution >= 0.6 is 11.3 Å². The second-order valence-electron chi connectivity index (χ2n) is 5.10. The highest BCUT2D eigenvalue weighted by atomic mass is 32.1. The molecule has 5 heteroatoms. The summed E-state index contributed by atoms with van der Waals surface area (Å²) >= 11 is 1.41. The first-order valence-corrected chi connectivity index (χ1v) is 8.14. The highest BCUT2D eigenvalue weighted by Gasteiger charge is 2.23. The molecule has 0 amide bonds. The van der Waals surface area contributed by atoms with Crippen molar-refractivity contribution in [1.29, 1.82) is 0 Å². The highest BCUT2D eigenvalue weighted by Crippen LogP contribution is 2.44. The maximum atomic E-state index is 12.0. The van der Waals surface area contributed by atoms with E-state index in [1.54, 1.807) is 0 Å². The fourth-order valence-electron chi connectivity index (χ4n) is 1.92. The molecule has 0 saturated carbocycles. The lowest BCUT2D eigenvalue weighted by molar-refractivity contribution is 0.0992. The van der Waals surface area contributed by atoms with Crippen LogP contribution in [-0.2, 0) is 0 Å². The predicted molar refractivity (Wildman–Crippen MR) is 87.1 cm³/mol. The van der Waals surface area contributed by atoms with Crippen LogP contribution in [0, 0.1) is 0 Å². The van der Waals surface area contributed by atoms with Crippen molar-refractivity contribution in [3.63, 3.8) is 0 Å². The summed E-state index contributed by atoms with van der Waals surface area (Å²) in [4.78, 5) is 12.6. The number of ketones is 1. The molecule has 0 radical (unpaired) electrons. The van der Waals surface area contributed by atoms with Crippen molar-refractivity contribution >= 4 is 27.8 Å². The van der Waals surface area contributed by atoms with Crippen molar-refractivity contribution in [2.45, 2.75) is 66.0 Å². The van der Waals surface area contributed by atoms with Crippen LogP contribution in [-0.4, -0.2) is 17.9 Å². The molecule has 0 aliphatic carbocycles. The normalized spacial score (nSPS) is 11.2. The van der Waals surface area contributed by atoms with Crippen LogP contribution in [0.15, 0.2) is 0 Å². The monoisotopic (exact) mass is 298 g/mol. The number of rotatable bonds is 8. The van der Waals surface area contributed by atoms with E-state index in [-0.39, 0.29) is 11.9 Å². The maximum absolute atomic E-state index is 12.0. The molecule has 0 aromatic carbocycles. The van der Waals surface area contributed by atoms with E-state index in [9.17, 15) is 4.79 Å². The van der Waals surface area contributed by atoms with Gasteiger partial charge in [-0.25, -0.2) is 0 Å². The van der Waals surface area contributed by atoms with Crippen LogP contribution in [0.25, 0.3) is 0 Å². The molecule has 0 aliphatic rings. The van der Waals surface area contributed by atoms with Gasteiger partial charge in [0.2, 0.25) is 0 Å². The molecule has 0 saturated heterocycles. The van der Waals surface area contributed by atoms with Gasteiger partial charge in [-0.05, 0) is 26.7 Å². The summed E-state index contributed by atoms with van der Waals surface area (Å²) in [5.41, 5.74) is 6.59. The number of ether oxygens (including phenoxy) is 1. The Morgan fingerprint density at radius 1 is 1.30 bits per heavy atom. The Bertz CT molecular complexity index is 451. The van der Waals surface area contributed by atoms with Crippen LogP contribution < -0.4 is 15.8 Å². The van der Waals surface area contributed by atoms with Gasteiger partial charge in [0.1, 0.15) is 5.00 Å². The zero-order valence-electron chi connectivity index (χ0n) is 13.1. The Morgan fingerprint density at radius 3 is 2.35 bits per heavy atom. The molecular weight excluding hydrogens is 272 g/mol. The smallest absolute Gasteiger partial charge is 0.177 e. The second kappa shape index (κ2) is 7.53. The lowest BCUT2D eigenvalue weighted by atomic mass is 10.2. The van der Waals surface area contributed by atoms with E-state index < -0.39 is 0 Å². The summed E-state index contributed by atoms with van der Waals surface area (Å²) in [6, 6.07) is 0.368. The molecule has 0 fully saturated rings. The number of carbonyl (C=O) groups excluding carboxylic acids is 1. The number of hydrogen-bond donors (Lipinski definition) is 2. The molecule has 4 nitrogen and oxygen atoms in total. The lowest BCUT2D eigenvalue weighted by Gasteiger charge is -2.17. The Balaban J connectivity index is 3.15. The van der Waals surface area contributed by atoms with E-state index >= 15 is 0 Å². The molecule has 114 valence electrons. The number of thiophene rings is 1. The van der Waals surface area contributed by atoms with Crippen molar-refractivity contribution in [2.75, 3.05) is 11.1 Å². The zero-order chi connectivity index (χ0) is 15.3. The van der Waals surface area contributed by atoms with Gasteiger partial charge in [-0.1, -0.05) is 20.8 Å². The second-order valence-corrected chi connectivity index (χ2v) is 6.12. The quantitative estimate of drug-likeness (QED) is 0.702. The standard InChI is InChI=1S/C15H26N2O2S/c1-6-10(7-2)17-15-13(19-9(4)5)12(16)14(20-15)11(18)8-3/h9-10,17H,6-8,16H2,1-5H3. The van der Waals surface area contributed by atoms with Crippen LogP contribution in [0.2, 0.25) is 0 Å². The van der Waals surface area contributed by atoms with Crippen molar-refractivity contribution in [2.24, 2.45) is 0 Å². The van der Waals surface area contributed by atoms with Crippen LogP contribution in [0.3, 0.4) is 0 Å². The van der Waals surface area contributed by atoms with E-state index in [1.807, 2.05) is 20.8 Å². The van der Waals surface area contributed by atoms with Gasteiger partial charge in [0, 0.05) is 12.5 Å². The van der Waals surface area contributed by atoms with Crippen molar-refractivity contribution in [3.8, 4) is 5.75 Å². The van der Waals surface area contributed by atoms with E-state index in [0.717, 1.165) is 17.8 Å². The SMILES string of the molecule is CCC(=O)c1sc(NC(CC)CC)c(OC(C)C)c1N. The summed E-state index contributed by atoms with van der Waals surface area (Å²) in [6.07, 6.45) is 2.52. The van der Waals surface area contributed by atoms with Gasteiger partial charge in [-0.15, -0.1) is 11.3 Å². The fraction of sp³-hybridized carbons (Fsp3) is 0.667. The molecule has 0 aliphatic heterocycles. The molecule has 1 aromatic rings. The molecule has 3 N–H and O–H groups in total. The van der Waals surface area contributed by atoms with Gasteiger partial charge in [-0.3, -0.25) is 4.79 Å². The van der Waals surface area contributed by atoms with E-state index in [4.69, 9.17) is 10.5 Å². The molecule has 20 heavy (non-hydrogen) atoms. The molecule has 0 bridgehead atoms. The van der Waals surface area contributed by atoms with Gasteiger partial charge < -0.3 is 15.8 Å². The van der Waals surface area contributed by atoms with Crippen LogP contribution in [0.4, 0.5) is 10.7 Å². The summed E-state index contributed by atoms with van der Waals surface area (Å²) in [5.74, 6) is 0.701. The molecule has 1 aromatic heterocycles. The minimum Gasteiger partial charge on any atom is -0.486 e. The van der Waals surface area contributed by atoms with Gasteiger partial charge in [0.05, 0.1) is 16.7 Å². The van der Waals surface area contributed by atoms with Crippen molar-refractivity contribution < 1.29 is 9.53 Å². The van der Waals surface area contributed by atoms with Gasteiger partial charge in [0.25, 0.3) is 0 Å². The largest absolute Gasteiger partial charge is 0.486 e. The van der Waals surface area contributed by atoms with Crippen molar-refractivity contribution in [3.05, 3.63) is 4.88 Å². The number of anilines is 2. The maximum Gasteiger partial charge on any atom is 0.177 e. The van der Waals surface area contributed by atoms with Crippen LogP contribution in [0.5, 0.6) is 5.75 Å². The predicted octanol–water partition coefficient (Wildman–Crippen LogP) is 4.31. The first-order chi connectivity index (χ1) is 9.44. The molecule has 1 heterocycles. The topological polar surface area (TPSA) is 64.3 Å². The van der Waals surface area contributed by atoms with E-state index in [1.165, 1.54) is 11.3 Å². The van der Waals surface area contributed by atoms with E-state index in [2.05, 4.69) is 19.2 Å². The zero-order valence-corrected chi connectivity index (χ0v) is 13.9. The Labute approximate surface area is 125 Å². The number of Topliss-reactive ketones (excluding diaryl/α,β-unsaturated/α-hetero) is 1. The third-order valence-corrected chi connectivity index (χ3v) is 4.31. The summed E-state index contributed by atoms with van der Waals surface area (Å²) in [6.45, 7) is 10.0. The molecule has 0 spiro atoms. The summed E-state index contributed by atoms with van der Waals surface area (Å²) in [5, 5.41) is 4.33. The van der Waals surface area contributed by atoms with Crippen LogP contribution in [0.1, 0.15) is 63.6 Å². The minimum atomic E-state index is 0.0266. The summed E-state index contributed by atoms with van der Waals surface area (Å²) < 4.78 is 5.81. The summed E-state index contributed by atoms with van der Waals surface area (Å²) in [7, 11) is 0. The first kappa shape index (κ1) is 16.8. The Kier molecular flexibility index (Phi) is 6.33. The van der Waals surface area contributed by atoms with Crippen molar-refractivity contribution in [1.82, 2.24) is 0 Å². The average Bonchev–Trinajstić information content (AvgIpc) is 2.72. The Morgan fingerprint density at radius 2 is 1.90 bits per heavy atom. The third-order valence-electron chi connectivity index (χ3n) is 3.15. The number of nitrogens with two attached hydrogens (primary N) is 1. The molecule has 0 unspecified atom stereocenters. The number of nitrogen functional groups attached to an aromatic ring is 1. The van der Waals surface area contributed by atoms with Gasteiger partial charge in [0.15, 0.2) is 11.5 Å². The van der Waals surface area contributed by atoms with Gasteiger partial charge in [-0.2, -0.15) is 0 Å². The number of hydrogen-bond acceptors (Lipinski definition) is 5. The molecule has 0 atom stereocenters. The number of carbonyl (C=O) groups is 1. The third kappa shape index (κ3) is 3.88. The number of nitrogens with one attached hydrogen (secondary N) is 1. The highest BCUT2D eigenvalue weighted by molar-refractivity contribution is 7.19. The lowest BCUT2D eigenvalue weighted by Crippen LogP contribution is -2.17. The molecule has 1 rings (SSSR count). The minimum absolute atomic E-state index is 0.0266.